The highest BCUT2D eigenvalue weighted by molar-refractivity contribution is 6.25. The maximum Gasteiger partial charge on any atom is 0.231 e. The molecule has 1 aromatic heterocycles. The lowest BCUT2D eigenvalue weighted by atomic mass is 10.0. The van der Waals surface area contributed by atoms with E-state index in [0.717, 1.165) is 11.0 Å². The van der Waals surface area contributed by atoms with Crippen molar-refractivity contribution < 1.29 is 4.79 Å². The van der Waals surface area contributed by atoms with Crippen molar-refractivity contribution in [1.29, 1.82) is 0 Å². The Labute approximate surface area is 110 Å². The van der Waals surface area contributed by atoms with Crippen molar-refractivity contribution in [2.75, 3.05) is 0 Å². The van der Waals surface area contributed by atoms with Crippen LogP contribution in [-0.2, 0) is 0 Å². The summed E-state index contributed by atoms with van der Waals surface area (Å²) in [4.78, 5) is 12.3. The summed E-state index contributed by atoms with van der Waals surface area (Å²) >= 11 is 0. The van der Waals surface area contributed by atoms with Crippen molar-refractivity contribution in [3.63, 3.8) is 0 Å². The Balaban J connectivity index is 2.38. The minimum absolute atomic E-state index is 0.149. The maximum absolute atomic E-state index is 12.3. The minimum Gasteiger partial charge on any atom is -0.280 e. The predicted molar refractivity (Wildman–Crippen MR) is 79.1 cm³/mol. The van der Waals surface area contributed by atoms with Crippen LogP contribution in [0.4, 0.5) is 0 Å². The second-order valence-electron chi connectivity index (χ2n) is 4.90. The third-order valence-corrected chi connectivity index (χ3v) is 3.88. The monoisotopic (exact) mass is 247 g/mol. The van der Waals surface area contributed by atoms with Gasteiger partial charge in [-0.2, -0.15) is 0 Å². The fourth-order valence-corrected chi connectivity index (χ4v) is 3.05. The average molecular weight is 247 g/mol. The fourth-order valence-electron chi connectivity index (χ4n) is 3.05. The second-order valence-corrected chi connectivity index (χ2v) is 4.90. The molecule has 0 saturated heterocycles. The van der Waals surface area contributed by atoms with Crippen molar-refractivity contribution in [3.8, 4) is 0 Å². The van der Waals surface area contributed by atoms with Crippen LogP contribution in [0, 0.1) is 0 Å². The maximum atomic E-state index is 12.3. The molecule has 0 N–H and O–H groups in total. The Morgan fingerprint density at radius 1 is 0.895 bits per heavy atom. The molecule has 0 saturated carbocycles. The molecule has 0 aliphatic heterocycles. The fraction of sp³-hybridized carbons (Fsp3) is 0.118. The zero-order chi connectivity index (χ0) is 13.0. The molecule has 2 heteroatoms. The molecule has 0 amide bonds. The number of carbonyl (C=O) groups is 1. The smallest absolute Gasteiger partial charge is 0.231 e. The number of rotatable bonds is 1. The van der Waals surface area contributed by atoms with E-state index in [-0.39, 0.29) is 5.91 Å². The van der Waals surface area contributed by atoms with E-state index in [1.165, 1.54) is 21.5 Å². The molecule has 0 radical (unpaired) electrons. The highest BCUT2D eigenvalue weighted by Gasteiger charge is 2.17. The number of nitrogens with zero attached hydrogens (tertiary/aromatic N) is 1. The first-order valence-electron chi connectivity index (χ1n) is 6.58. The SMILES string of the molecule is CCC(=O)n1c2cccc3ccc4cccc1c4c32. The molecular weight excluding hydrogens is 234 g/mol. The van der Waals surface area contributed by atoms with Crippen molar-refractivity contribution >= 4 is 38.5 Å². The number of carbonyl (C=O) groups excluding carboxylic acids is 1. The molecule has 4 aromatic rings. The normalized spacial score (nSPS) is 11.8. The minimum atomic E-state index is 0.149. The summed E-state index contributed by atoms with van der Waals surface area (Å²) in [6, 6.07) is 16.6. The van der Waals surface area contributed by atoms with Crippen molar-refractivity contribution in [1.82, 2.24) is 4.57 Å². The molecular formula is C17H13NO. The summed E-state index contributed by atoms with van der Waals surface area (Å²) in [7, 11) is 0. The Hall–Kier alpha value is -2.35. The van der Waals surface area contributed by atoms with E-state index in [2.05, 4.69) is 24.3 Å². The van der Waals surface area contributed by atoms with Gasteiger partial charge in [0.25, 0.3) is 0 Å². The molecule has 0 unspecified atom stereocenters. The lowest BCUT2D eigenvalue weighted by molar-refractivity contribution is 0.0919. The van der Waals surface area contributed by atoms with Crippen LogP contribution in [0.15, 0.2) is 48.5 Å². The first-order chi connectivity index (χ1) is 9.31. The highest BCUT2D eigenvalue weighted by Crippen LogP contribution is 2.36. The summed E-state index contributed by atoms with van der Waals surface area (Å²) < 4.78 is 1.87. The van der Waals surface area contributed by atoms with Crippen LogP contribution in [0.5, 0.6) is 0 Å². The largest absolute Gasteiger partial charge is 0.280 e. The Bertz CT molecular complexity index is 849. The molecule has 2 nitrogen and oxygen atoms in total. The third kappa shape index (κ3) is 1.23. The van der Waals surface area contributed by atoms with Crippen LogP contribution in [0.1, 0.15) is 18.1 Å². The summed E-state index contributed by atoms with van der Waals surface area (Å²) in [5, 5.41) is 4.81. The van der Waals surface area contributed by atoms with Gasteiger partial charge < -0.3 is 0 Å². The van der Waals surface area contributed by atoms with Gasteiger partial charge in [0.1, 0.15) is 0 Å². The predicted octanol–water partition coefficient (Wildman–Crippen LogP) is 4.44. The molecule has 1 heterocycles. The summed E-state index contributed by atoms with van der Waals surface area (Å²) in [5.41, 5.74) is 2.05. The molecule has 0 fully saturated rings. The number of aromatic nitrogens is 1. The molecule has 0 aliphatic carbocycles. The molecule has 3 aromatic carbocycles. The van der Waals surface area contributed by atoms with E-state index in [4.69, 9.17) is 0 Å². The van der Waals surface area contributed by atoms with Gasteiger partial charge in [-0.3, -0.25) is 9.36 Å². The second kappa shape index (κ2) is 3.58. The third-order valence-electron chi connectivity index (χ3n) is 3.88. The van der Waals surface area contributed by atoms with Gasteiger partial charge in [-0.15, -0.1) is 0 Å². The van der Waals surface area contributed by atoms with Crippen LogP contribution in [0.25, 0.3) is 32.6 Å². The van der Waals surface area contributed by atoms with Crippen LogP contribution < -0.4 is 0 Å². The molecule has 0 spiro atoms. The van der Waals surface area contributed by atoms with E-state index in [0.29, 0.717) is 6.42 Å². The first-order valence-corrected chi connectivity index (χ1v) is 6.58. The Morgan fingerprint density at radius 2 is 1.42 bits per heavy atom. The number of benzene rings is 3. The average Bonchev–Trinajstić information content (AvgIpc) is 2.80. The molecule has 0 aliphatic rings. The number of hydrogen-bond acceptors (Lipinski definition) is 1. The molecule has 19 heavy (non-hydrogen) atoms. The Kier molecular flexibility index (Phi) is 1.99. The molecule has 0 bridgehead atoms. The Morgan fingerprint density at radius 3 is 1.89 bits per heavy atom. The molecule has 0 atom stereocenters. The van der Waals surface area contributed by atoms with Crippen molar-refractivity contribution in [2.24, 2.45) is 0 Å². The van der Waals surface area contributed by atoms with Gasteiger partial charge in [0.05, 0.1) is 11.0 Å². The lowest BCUT2D eigenvalue weighted by Crippen LogP contribution is -2.07. The lowest BCUT2D eigenvalue weighted by Gasteiger charge is -2.03. The van der Waals surface area contributed by atoms with E-state index in [1.54, 1.807) is 0 Å². The van der Waals surface area contributed by atoms with Crippen LogP contribution in [-0.4, -0.2) is 10.5 Å². The zero-order valence-electron chi connectivity index (χ0n) is 10.7. The molecule has 4 rings (SSSR count). The van der Waals surface area contributed by atoms with Crippen molar-refractivity contribution in [3.05, 3.63) is 48.5 Å². The zero-order valence-corrected chi connectivity index (χ0v) is 10.7. The quantitative estimate of drug-likeness (QED) is 0.456. The molecule has 92 valence electrons. The first kappa shape index (κ1) is 10.6. The topological polar surface area (TPSA) is 22.0 Å². The highest BCUT2D eigenvalue weighted by atomic mass is 16.2. The van der Waals surface area contributed by atoms with E-state index < -0.39 is 0 Å². The van der Waals surface area contributed by atoms with Gasteiger partial charge in [0.15, 0.2) is 0 Å². The summed E-state index contributed by atoms with van der Waals surface area (Å²) in [6.07, 6.45) is 0.515. The van der Waals surface area contributed by atoms with Gasteiger partial charge in [-0.25, -0.2) is 0 Å². The van der Waals surface area contributed by atoms with Gasteiger partial charge in [-0.05, 0) is 22.9 Å². The summed E-state index contributed by atoms with van der Waals surface area (Å²) in [5.74, 6) is 0.149. The van der Waals surface area contributed by atoms with E-state index in [1.807, 2.05) is 35.8 Å². The van der Waals surface area contributed by atoms with Gasteiger partial charge in [0.2, 0.25) is 5.91 Å². The summed E-state index contributed by atoms with van der Waals surface area (Å²) in [6.45, 7) is 1.91. The van der Waals surface area contributed by atoms with E-state index in [9.17, 15) is 4.79 Å². The van der Waals surface area contributed by atoms with E-state index >= 15 is 0 Å². The van der Waals surface area contributed by atoms with Gasteiger partial charge >= 0.3 is 0 Å². The number of hydrogen-bond donors (Lipinski definition) is 0. The van der Waals surface area contributed by atoms with Crippen LogP contribution in [0.2, 0.25) is 0 Å². The van der Waals surface area contributed by atoms with Crippen molar-refractivity contribution in [2.45, 2.75) is 13.3 Å². The van der Waals surface area contributed by atoms with Gasteiger partial charge in [-0.1, -0.05) is 43.3 Å². The van der Waals surface area contributed by atoms with Gasteiger partial charge in [0, 0.05) is 17.2 Å². The standard InChI is InChI=1S/C17H13NO/c1-2-15(19)18-13-7-3-5-11-9-10-12-6-4-8-14(18)17(12)16(11)13/h3-10H,2H2,1H3. The van der Waals surface area contributed by atoms with Crippen LogP contribution in [0.3, 0.4) is 0 Å². The van der Waals surface area contributed by atoms with Crippen LogP contribution >= 0.6 is 0 Å².